The normalized spacial score (nSPS) is 24.8. The number of benzene rings is 2. The third kappa shape index (κ3) is 4.99. The minimum absolute atomic E-state index is 0.00845. The Morgan fingerprint density at radius 3 is 2.61 bits per heavy atom. The van der Waals surface area contributed by atoms with E-state index in [1.165, 1.54) is 27.7 Å². The number of nitrogens with one attached hydrogen (secondary N) is 1. The summed E-state index contributed by atoms with van der Waals surface area (Å²) in [7, 11) is 0. The maximum absolute atomic E-state index is 15.6. The van der Waals surface area contributed by atoms with Crippen LogP contribution in [0.15, 0.2) is 65.0 Å². The first-order chi connectivity index (χ1) is 21.2. The second-order valence-electron chi connectivity index (χ2n) is 11.1. The molecule has 1 aliphatic carbocycles. The number of hydrazone groups is 1. The smallest absolute Gasteiger partial charge is 0.267 e. The molecule has 5 atom stereocenters. The second kappa shape index (κ2) is 11.0. The molecule has 2 fully saturated rings. The first kappa shape index (κ1) is 28.4. The summed E-state index contributed by atoms with van der Waals surface area (Å²) in [5.74, 6) is -1.32. The Balaban J connectivity index is 1.08. The predicted molar refractivity (Wildman–Crippen MR) is 164 cm³/mol. The van der Waals surface area contributed by atoms with Crippen LogP contribution in [0.1, 0.15) is 17.8 Å². The van der Waals surface area contributed by atoms with Crippen LogP contribution < -0.4 is 11.1 Å². The van der Waals surface area contributed by atoms with E-state index in [9.17, 15) is 14.4 Å². The molecule has 0 spiro atoms. The largest absolute Gasteiger partial charge is 0.364 e. The van der Waals surface area contributed by atoms with Gasteiger partial charge in [-0.15, -0.1) is 0 Å². The van der Waals surface area contributed by atoms with Gasteiger partial charge in [-0.3, -0.25) is 24.4 Å². The second-order valence-corrected chi connectivity index (χ2v) is 12.7. The number of piperidine rings is 1. The molecule has 4 aliphatic rings. The highest BCUT2D eigenvalue weighted by Gasteiger charge is 2.57. The minimum Gasteiger partial charge on any atom is -0.364 e. The molecule has 4 heterocycles. The molecule has 2 aromatic carbocycles. The number of primary amides is 1. The Morgan fingerprint density at radius 2 is 1.86 bits per heavy atom. The third-order valence-corrected chi connectivity index (χ3v) is 9.94. The number of aromatic nitrogens is 2. The number of likely N-dealkylation sites (tertiary alicyclic amines) is 1. The van der Waals surface area contributed by atoms with Gasteiger partial charge in [0.05, 0.1) is 5.69 Å². The average Bonchev–Trinajstić information content (AvgIpc) is 3.31. The van der Waals surface area contributed by atoms with Crippen molar-refractivity contribution in [2.45, 2.75) is 30.8 Å². The lowest BCUT2D eigenvalue weighted by molar-refractivity contribution is -0.138. The zero-order chi connectivity index (χ0) is 30.7. The van der Waals surface area contributed by atoms with Gasteiger partial charge in [0.25, 0.3) is 5.91 Å². The van der Waals surface area contributed by atoms with Crippen LogP contribution in [0.4, 0.5) is 10.1 Å². The number of aliphatic imine (C=N–C) groups is 1. The van der Waals surface area contributed by atoms with Crippen molar-refractivity contribution >= 4 is 57.5 Å². The first-order valence-corrected chi connectivity index (χ1v) is 15.3. The van der Waals surface area contributed by atoms with E-state index in [0.29, 0.717) is 33.6 Å². The number of anilines is 1. The van der Waals surface area contributed by atoms with Crippen molar-refractivity contribution in [3.63, 3.8) is 0 Å². The van der Waals surface area contributed by atoms with E-state index < -0.39 is 35.1 Å². The van der Waals surface area contributed by atoms with Gasteiger partial charge in [0.2, 0.25) is 11.8 Å². The topological polar surface area (TPSA) is 146 Å². The molecule has 0 bridgehead atoms. The lowest BCUT2D eigenvalue weighted by atomic mass is 10.0. The summed E-state index contributed by atoms with van der Waals surface area (Å²) < 4.78 is 15.6. The molecule has 224 valence electrons. The summed E-state index contributed by atoms with van der Waals surface area (Å²) in [4.78, 5) is 54.1. The molecule has 1 aromatic heterocycles. The standard InChI is InChI=1S/C30H26ClFN8O3S/c1-14-34-10-16(11-35-14)29-37-25-24(27(33)42)38-40(30(25)44-29)13-22(41)39-12-15-9-19(15)26(39)28(43)36-21-8-4-6-18(23(21)32)17-5-2-3-7-20(17)31/h2-8,10-11,15,19,25-26,30H,9,12-13H2,1H3,(H2,33,42)(H,36,43)/t15?,19-,25?,26-,30?/m0/s1. The Hall–Kier alpha value is -4.36. The molecule has 3 aromatic rings. The number of hydrogen-bond acceptors (Lipinski definition) is 9. The van der Waals surface area contributed by atoms with Gasteiger partial charge in [0, 0.05) is 40.7 Å². The molecule has 44 heavy (non-hydrogen) atoms. The number of hydrogen-bond donors (Lipinski definition) is 2. The summed E-state index contributed by atoms with van der Waals surface area (Å²) in [6, 6.07) is 10.2. The van der Waals surface area contributed by atoms with Crippen molar-refractivity contribution < 1.29 is 18.8 Å². The Kier molecular flexibility index (Phi) is 7.08. The van der Waals surface area contributed by atoms with Gasteiger partial charge in [-0.2, -0.15) is 5.10 Å². The number of nitrogens with zero attached hydrogens (tertiary/aromatic N) is 6. The van der Waals surface area contributed by atoms with Crippen molar-refractivity contribution in [2.24, 2.45) is 27.7 Å². The Bertz CT molecular complexity index is 1770. The number of nitrogens with two attached hydrogens (primary N) is 1. The maximum atomic E-state index is 15.6. The molecule has 1 saturated carbocycles. The van der Waals surface area contributed by atoms with Gasteiger partial charge < -0.3 is 16.0 Å². The fourth-order valence-corrected chi connectivity index (χ4v) is 7.49. The highest BCUT2D eigenvalue weighted by Crippen LogP contribution is 2.50. The number of carbonyl (C=O) groups is 3. The van der Waals surface area contributed by atoms with Crippen molar-refractivity contribution in [2.75, 3.05) is 18.4 Å². The van der Waals surface area contributed by atoms with E-state index in [-0.39, 0.29) is 41.3 Å². The number of thioether (sulfide) groups is 1. The van der Waals surface area contributed by atoms with Gasteiger partial charge in [0.1, 0.15) is 34.9 Å². The zero-order valence-corrected chi connectivity index (χ0v) is 24.9. The highest BCUT2D eigenvalue weighted by molar-refractivity contribution is 8.15. The summed E-state index contributed by atoms with van der Waals surface area (Å²) in [5, 5.41) is 9.12. The molecular formula is C30H26ClFN8O3S. The molecule has 1 saturated heterocycles. The molecule has 3 unspecified atom stereocenters. The fraction of sp³-hybridized carbons (Fsp3) is 0.300. The van der Waals surface area contributed by atoms with Crippen molar-refractivity contribution in [3.8, 4) is 11.1 Å². The number of halogens is 2. The van der Waals surface area contributed by atoms with E-state index in [1.807, 2.05) is 0 Å². The number of rotatable bonds is 7. The Morgan fingerprint density at radius 1 is 1.11 bits per heavy atom. The zero-order valence-electron chi connectivity index (χ0n) is 23.4. The molecule has 3 aliphatic heterocycles. The van der Waals surface area contributed by atoms with Crippen molar-refractivity contribution in [3.05, 3.63) is 77.1 Å². The minimum atomic E-state index is -0.762. The maximum Gasteiger partial charge on any atom is 0.267 e. The van der Waals surface area contributed by atoms with Gasteiger partial charge in [-0.25, -0.2) is 14.4 Å². The van der Waals surface area contributed by atoms with Crippen LogP contribution >= 0.6 is 23.4 Å². The average molecular weight is 633 g/mol. The van der Waals surface area contributed by atoms with Crippen LogP contribution in [0.3, 0.4) is 0 Å². The molecule has 14 heteroatoms. The number of carbonyl (C=O) groups excluding carboxylic acids is 3. The monoisotopic (exact) mass is 632 g/mol. The van der Waals surface area contributed by atoms with Crippen molar-refractivity contribution in [1.29, 1.82) is 0 Å². The number of amides is 3. The highest BCUT2D eigenvalue weighted by atomic mass is 35.5. The van der Waals surface area contributed by atoms with Gasteiger partial charge in [0.15, 0.2) is 11.5 Å². The molecule has 3 amide bonds. The van der Waals surface area contributed by atoms with Gasteiger partial charge >= 0.3 is 0 Å². The lowest BCUT2D eigenvalue weighted by Gasteiger charge is -2.29. The summed E-state index contributed by atoms with van der Waals surface area (Å²) in [5.41, 5.74) is 7.14. The van der Waals surface area contributed by atoms with Crippen LogP contribution in [0.5, 0.6) is 0 Å². The van der Waals surface area contributed by atoms with Crippen LogP contribution in [-0.4, -0.2) is 78.9 Å². The van der Waals surface area contributed by atoms with E-state index in [0.717, 1.165) is 6.42 Å². The fourth-order valence-electron chi connectivity index (χ4n) is 6.05. The number of fused-ring (bicyclic) bond motifs is 2. The molecule has 7 rings (SSSR count). The van der Waals surface area contributed by atoms with E-state index >= 15 is 4.39 Å². The third-order valence-electron chi connectivity index (χ3n) is 8.31. The lowest BCUT2D eigenvalue weighted by Crippen LogP contribution is -2.49. The molecule has 11 nitrogen and oxygen atoms in total. The summed E-state index contributed by atoms with van der Waals surface area (Å²) in [6.07, 6.45) is 4.12. The van der Waals surface area contributed by atoms with E-state index in [1.54, 1.807) is 55.7 Å². The molecule has 3 N–H and O–H groups in total. The summed E-state index contributed by atoms with van der Waals surface area (Å²) >= 11 is 7.64. The Labute approximate surface area is 260 Å². The van der Waals surface area contributed by atoms with Crippen LogP contribution in [0, 0.1) is 24.6 Å². The van der Waals surface area contributed by atoms with Gasteiger partial charge in [-0.1, -0.05) is 53.7 Å². The van der Waals surface area contributed by atoms with Crippen LogP contribution in [-0.2, 0) is 14.4 Å². The molecule has 0 radical (unpaired) electrons. The molecular weight excluding hydrogens is 607 g/mol. The number of aryl methyl sites for hydroxylation is 1. The van der Waals surface area contributed by atoms with Gasteiger partial charge in [-0.05, 0) is 37.3 Å². The SMILES string of the molecule is Cc1ncc(C2=NC3C(C(N)=O)=NN(CC(=O)N4CC5C[C@@H]5[C@H]4C(=O)Nc4cccc(-c5ccccc5Cl)c4F)C3S2)cn1. The quantitative estimate of drug-likeness (QED) is 0.407. The van der Waals surface area contributed by atoms with E-state index in [2.05, 4.69) is 25.4 Å². The van der Waals surface area contributed by atoms with Crippen LogP contribution in [0.25, 0.3) is 11.1 Å². The van der Waals surface area contributed by atoms with Crippen molar-refractivity contribution in [1.82, 2.24) is 19.9 Å². The summed E-state index contributed by atoms with van der Waals surface area (Å²) in [6.45, 7) is 2.00. The first-order valence-electron chi connectivity index (χ1n) is 14.0. The van der Waals surface area contributed by atoms with E-state index in [4.69, 9.17) is 17.3 Å². The van der Waals surface area contributed by atoms with Crippen LogP contribution in [0.2, 0.25) is 5.02 Å². The predicted octanol–water partition coefficient (Wildman–Crippen LogP) is 3.08.